The first-order valence-electron chi connectivity index (χ1n) is 2.11. The van der Waals surface area contributed by atoms with E-state index in [1.54, 1.807) is 0 Å². The second kappa shape index (κ2) is 2.26. The predicted molar refractivity (Wildman–Crippen MR) is 37.3 cm³/mol. The van der Waals surface area contributed by atoms with Gasteiger partial charge in [-0.05, 0) is 0 Å². The van der Waals surface area contributed by atoms with Crippen LogP contribution in [0.5, 0.6) is 0 Å². The lowest BCUT2D eigenvalue weighted by molar-refractivity contribution is 0.314. The van der Waals surface area contributed by atoms with Gasteiger partial charge < -0.3 is 0 Å². The van der Waals surface area contributed by atoms with Crippen molar-refractivity contribution < 1.29 is 0 Å². The van der Waals surface area contributed by atoms with E-state index in [4.69, 9.17) is 0 Å². The van der Waals surface area contributed by atoms with Crippen molar-refractivity contribution in [3.8, 4) is 0 Å². The van der Waals surface area contributed by atoms with Gasteiger partial charge in [0.2, 0.25) is 4.71 Å². The van der Waals surface area contributed by atoms with E-state index in [-0.39, 0.29) is 0 Å². The summed E-state index contributed by atoms with van der Waals surface area (Å²) in [6, 6.07) is 0. The van der Waals surface area contributed by atoms with Crippen molar-refractivity contribution in [3.63, 3.8) is 0 Å². The Kier molecular flexibility index (Phi) is 1.86. The molecule has 0 amide bonds. The van der Waals surface area contributed by atoms with Gasteiger partial charge in [0.15, 0.2) is 5.88 Å². The molecule has 0 aromatic rings. The maximum Gasteiger partial charge on any atom is 0.225 e. The first-order valence-corrected chi connectivity index (χ1v) is 3.77. The highest BCUT2D eigenvalue weighted by atomic mass is 32.2. The number of nitrogens with zero attached hydrogens (tertiary/aromatic N) is 1. The van der Waals surface area contributed by atoms with Crippen molar-refractivity contribution in [1.29, 1.82) is 0 Å². The van der Waals surface area contributed by atoms with Crippen molar-refractivity contribution in [1.82, 2.24) is 10.4 Å². The molecule has 1 atom stereocenters. The summed E-state index contributed by atoms with van der Waals surface area (Å²) in [7, 11) is 2.02. The Morgan fingerprint density at radius 2 is 2.71 bits per heavy atom. The third kappa shape index (κ3) is 1.53. The van der Waals surface area contributed by atoms with Crippen molar-refractivity contribution in [2.75, 3.05) is 12.9 Å². The minimum absolute atomic E-state index is 0.366. The quantitative estimate of drug-likeness (QED) is 0.343. The van der Waals surface area contributed by atoms with Gasteiger partial charge in [-0.2, -0.15) is 10.4 Å². The maximum absolute atomic E-state index is 4.19. The summed E-state index contributed by atoms with van der Waals surface area (Å²) < 4.78 is 0.366. The second-order valence-electron chi connectivity index (χ2n) is 1.52. The van der Waals surface area contributed by atoms with Crippen LogP contribution in [0.4, 0.5) is 0 Å². The first kappa shape index (κ1) is 5.75. The number of hydrazine groups is 1. The zero-order chi connectivity index (χ0) is 5.28. The second-order valence-corrected chi connectivity index (χ2v) is 3.61. The van der Waals surface area contributed by atoms with E-state index >= 15 is 0 Å². The van der Waals surface area contributed by atoms with Gasteiger partial charge in [0.05, 0.1) is 0 Å². The number of hydrogen-bond donors (Lipinski definition) is 2. The van der Waals surface area contributed by atoms with Crippen molar-refractivity contribution in [2.45, 2.75) is 4.71 Å². The molecule has 0 radical (unpaired) electrons. The fourth-order valence-electron chi connectivity index (χ4n) is 0.479. The Bertz CT molecular complexity index is 60.0. The van der Waals surface area contributed by atoms with Gasteiger partial charge in [0.25, 0.3) is 0 Å². The lowest BCUT2D eigenvalue weighted by Gasteiger charge is -1.99. The molecule has 1 saturated heterocycles. The summed E-state index contributed by atoms with van der Waals surface area (Å²) in [4.78, 5) is 0. The lowest BCUT2D eigenvalue weighted by atomic mass is 11.1. The monoisotopic (exact) mass is 137 g/mol. The van der Waals surface area contributed by atoms with E-state index < -0.39 is 0 Å². The Labute approximate surface area is 53.0 Å². The van der Waals surface area contributed by atoms with Gasteiger partial charge in [-0.25, -0.2) is 0 Å². The van der Waals surface area contributed by atoms with Crippen molar-refractivity contribution in [2.24, 2.45) is 0 Å². The standard InChI is InChI=1S/C3H8N2S2/c1-5-2-7-3(6)4-5/h3-4,6H,2H2,1H3/p+1. The first-order chi connectivity index (χ1) is 3.29. The molecule has 1 heterocycles. The van der Waals surface area contributed by atoms with E-state index in [9.17, 15) is 0 Å². The summed E-state index contributed by atoms with van der Waals surface area (Å²) in [6.45, 7) is 0. The van der Waals surface area contributed by atoms with Crippen LogP contribution in [0.2, 0.25) is 0 Å². The minimum Gasteiger partial charge on any atom is -0.197 e. The largest absolute Gasteiger partial charge is 0.225 e. The zero-order valence-electron chi connectivity index (χ0n) is 4.13. The highest BCUT2D eigenvalue weighted by Gasteiger charge is 2.21. The van der Waals surface area contributed by atoms with Crippen LogP contribution in [0.1, 0.15) is 0 Å². The third-order valence-electron chi connectivity index (χ3n) is 0.803. The Hall–Kier alpha value is 0.620. The van der Waals surface area contributed by atoms with Crippen molar-refractivity contribution in [3.05, 3.63) is 0 Å². The van der Waals surface area contributed by atoms with Gasteiger partial charge in [-0.15, -0.1) is 12.6 Å². The molecule has 0 aromatic heterocycles. The van der Waals surface area contributed by atoms with E-state index in [0.29, 0.717) is 4.71 Å². The maximum atomic E-state index is 4.19. The van der Waals surface area contributed by atoms with Crippen LogP contribution in [-0.4, -0.2) is 22.6 Å². The Morgan fingerprint density at radius 1 is 2.00 bits per heavy atom. The summed E-state index contributed by atoms with van der Waals surface area (Å²) in [5.41, 5.74) is 3.10. The zero-order valence-corrected chi connectivity index (χ0v) is 5.91. The summed E-state index contributed by atoms with van der Waals surface area (Å²) in [6.07, 6.45) is 0. The number of hydrogen-bond acceptors (Lipinski definition) is 3. The molecule has 0 spiro atoms. The van der Waals surface area contributed by atoms with Crippen LogP contribution < -0.4 is 5.43 Å². The minimum atomic E-state index is 0.366. The SMILES string of the molecule is CN1C[SH+]C(S)N1. The van der Waals surface area contributed by atoms with Gasteiger partial charge in [-0.3, -0.25) is 0 Å². The van der Waals surface area contributed by atoms with Crippen LogP contribution in [0, 0.1) is 0 Å². The molecule has 1 aliphatic heterocycles. The Morgan fingerprint density at radius 3 is 2.86 bits per heavy atom. The van der Waals surface area contributed by atoms with Gasteiger partial charge in [0.1, 0.15) is 0 Å². The molecule has 7 heavy (non-hydrogen) atoms. The average Bonchev–Trinajstić information content (AvgIpc) is 1.87. The highest BCUT2D eigenvalue weighted by molar-refractivity contribution is 7.98. The summed E-state index contributed by atoms with van der Waals surface area (Å²) in [5.74, 6) is 1.09. The van der Waals surface area contributed by atoms with Gasteiger partial charge in [-0.1, -0.05) is 0 Å². The molecule has 42 valence electrons. The van der Waals surface area contributed by atoms with Crippen LogP contribution >= 0.6 is 12.6 Å². The van der Waals surface area contributed by atoms with Gasteiger partial charge >= 0.3 is 0 Å². The molecule has 1 aliphatic rings. The molecule has 0 saturated carbocycles. The third-order valence-corrected chi connectivity index (χ3v) is 2.46. The van der Waals surface area contributed by atoms with Crippen LogP contribution in [-0.2, 0) is 11.8 Å². The lowest BCUT2D eigenvalue weighted by Crippen LogP contribution is -2.29. The topological polar surface area (TPSA) is 15.3 Å². The number of rotatable bonds is 0. The fraction of sp³-hybridized carbons (Fsp3) is 1.00. The Balaban J connectivity index is 2.26. The average molecular weight is 137 g/mol. The summed E-state index contributed by atoms with van der Waals surface area (Å²) in [5, 5.41) is 2.04. The van der Waals surface area contributed by atoms with E-state index in [1.165, 1.54) is 11.8 Å². The van der Waals surface area contributed by atoms with E-state index in [0.717, 1.165) is 5.88 Å². The molecular formula is C3H9N2S2+. The number of thiol groups is 2. The van der Waals surface area contributed by atoms with Crippen LogP contribution in [0.25, 0.3) is 0 Å². The molecule has 4 heteroatoms. The molecule has 0 aromatic carbocycles. The van der Waals surface area contributed by atoms with Crippen LogP contribution in [0.15, 0.2) is 0 Å². The normalized spacial score (nSPS) is 34.3. The molecule has 1 fully saturated rings. The molecule has 0 bridgehead atoms. The smallest absolute Gasteiger partial charge is 0.197 e. The van der Waals surface area contributed by atoms with Crippen molar-refractivity contribution >= 4 is 24.4 Å². The number of nitrogens with one attached hydrogen (secondary N) is 1. The molecular weight excluding hydrogens is 128 g/mol. The molecule has 2 nitrogen and oxygen atoms in total. The van der Waals surface area contributed by atoms with Crippen LogP contribution in [0.3, 0.4) is 0 Å². The van der Waals surface area contributed by atoms with E-state index in [2.05, 4.69) is 18.1 Å². The van der Waals surface area contributed by atoms with E-state index in [1.807, 2.05) is 12.1 Å². The summed E-state index contributed by atoms with van der Waals surface area (Å²) >= 11 is 5.55. The highest BCUT2D eigenvalue weighted by Crippen LogP contribution is 2.01. The molecule has 0 aliphatic carbocycles. The molecule has 1 N–H and O–H groups in total. The predicted octanol–water partition coefficient (Wildman–Crippen LogP) is -0.578. The van der Waals surface area contributed by atoms with Gasteiger partial charge in [0, 0.05) is 18.8 Å². The molecule has 1 rings (SSSR count). The fourth-order valence-corrected chi connectivity index (χ4v) is 1.65. The molecule has 1 unspecified atom stereocenters.